The van der Waals surface area contributed by atoms with Crippen LogP contribution in [0.15, 0.2) is 41.4 Å². The van der Waals surface area contributed by atoms with E-state index in [-0.39, 0.29) is 11.4 Å². The summed E-state index contributed by atoms with van der Waals surface area (Å²) < 4.78 is 52.2. The average molecular weight is 314 g/mol. The Morgan fingerprint density at radius 1 is 1.19 bits per heavy atom. The first kappa shape index (κ1) is 14.9. The number of carbonyl (C=O) groups is 1. The van der Waals surface area contributed by atoms with Crippen LogP contribution in [0.4, 0.5) is 14.5 Å². The van der Waals surface area contributed by atoms with E-state index in [4.69, 9.17) is 5.11 Å². The number of carboxylic acid groups (broad SMARTS) is 1. The fourth-order valence-corrected chi connectivity index (χ4v) is 2.62. The predicted molar refractivity (Wildman–Crippen MR) is 68.4 cm³/mol. The lowest BCUT2D eigenvalue weighted by Crippen LogP contribution is -2.15. The number of aromatic nitrogens is 1. The summed E-state index contributed by atoms with van der Waals surface area (Å²) in [5.74, 6) is -3.51. The number of nitrogens with zero attached hydrogens (tertiary/aromatic N) is 1. The van der Waals surface area contributed by atoms with Gasteiger partial charge in [-0.25, -0.2) is 27.0 Å². The molecule has 1 heterocycles. The van der Waals surface area contributed by atoms with Crippen molar-refractivity contribution in [3.63, 3.8) is 0 Å². The van der Waals surface area contributed by atoms with Crippen LogP contribution in [-0.2, 0) is 10.0 Å². The van der Waals surface area contributed by atoms with E-state index in [0.717, 1.165) is 24.4 Å². The fourth-order valence-electron chi connectivity index (χ4n) is 1.51. The normalized spacial score (nSPS) is 11.1. The zero-order valence-electron chi connectivity index (χ0n) is 10.2. The Hall–Kier alpha value is -2.55. The first-order valence-corrected chi connectivity index (χ1v) is 6.95. The largest absolute Gasteiger partial charge is 0.477 e. The van der Waals surface area contributed by atoms with Crippen molar-refractivity contribution in [2.75, 3.05) is 4.72 Å². The Bertz CT molecular complexity index is 809. The molecule has 0 aliphatic rings. The van der Waals surface area contributed by atoms with E-state index in [0.29, 0.717) is 6.07 Å². The number of hydrogen-bond donors (Lipinski definition) is 2. The summed E-state index contributed by atoms with van der Waals surface area (Å²) in [6.07, 6.45) is 1.09. The summed E-state index contributed by atoms with van der Waals surface area (Å²) in [5, 5.41) is 8.76. The highest BCUT2D eigenvalue weighted by Gasteiger charge is 2.20. The molecule has 1 aromatic heterocycles. The molecule has 0 spiro atoms. The van der Waals surface area contributed by atoms with Crippen LogP contribution in [-0.4, -0.2) is 24.5 Å². The maximum Gasteiger partial charge on any atom is 0.354 e. The van der Waals surface area contributed by atoms with Gasteiger partial charge in [-0.1, -0.05) is 0 Å². The topological polar surface area (TPSA) is 96.4 Å². The standard InChI is InChI=1S/C12H8F2N2O4S/c13-7-1-2-11(9(14)5-7)21(19,20)16-8-3-4-15-10(6-8)12(17)18/h1-6H,(H,15,16)(H,17,18). The van der Waals surface area contributed by atoms with Gasteiger partial charge in [0, 0.05) is 12.3 Å². The molecule has 0 unspecified atom stereocenters. The third kappa shape index (κ3) is 3.31. The van der Waals surface area contributed by atoms with E-state index < -0.39 is 32.5 Å². The van der Waals surface area contributed by atoms with E-state index in [2.05, 4.69) is 4.98 Å². The monoisotopic (exact) mass is 314 g/mol. The lowest BCUT2D eigenvalue weighted by molar-refractivity contribution is 0.0690. The highest BCUT2D eigenvalue weighted by molar-refractivity contribution is 7.92. The van der Waals surface area contributed by atoms with Crippen LogP contribution in [0.3, 0.4) is 0 Å². The lowest BCUT2D eigenvalue weighted by atomic mass is 10.3. The molecule has 110 valence electrons. The highest BCUT2D eigenvalue weighted by atomic mass is 32.2. The van der Waals surface area contributed by atoms with Gasteiger partial charge in [0.2, 0.25) is 0 Å². The second-order valence-electron chi connectivity index (χ2n) is 3.92. The quantitative estimate of drug-likeness (QED) is 0.898. The molecule has 0 fully saturated rings. The number of rotatable bonds is 4. The molecule has 0 bridgehead atoms. The number of aromatic carboxylic acids is 1. The van der Waals surface area contributed by atoms with Gasteiger partial charge in [0.05, 0.1) is 5.69 Å². The summed E-state index contributed by atoms with van der Waals surface area (Å²) in [6, 6.07) is 4.18. The zero-order chi connectivity index (χ0) is 15.6. The minimum Gasteiger partial charge on any atom is -0.477 e. The zero-order valence-corrected chi connectivity index (χ0v) is 11.1. The molecule has 0 saturated carbocycles. The molecule has 0 atom stereocenters. The number of pyridine rings is 1. The van der Waals surface area contributed by atoms with Crippen molar-refractivity contribution in [3.05, 3.63) is 53.9 Å². The van der Waals surface area contributed by atoms with Crippen molar-refractivity contribution in [1.29, 1.82) is 0 Å². The molecule has 6 nitrogen and oxygen atoms in total. The van der Waals surface area contributed by atoms with Crippen molar-refractivity contribution >= 4 is 21.7 Å². The SMILES string of the molecule is O=C(O)c1cc(NS(=O)(=O)c2ccc(F)cc2F)ccn1. The Morgan fingerprint density at radius 3 is 2.52 bits per heavy atom. The van der Waals surface area contributed by atoms with E-state index in [9.17, 15) is 22.0 Å². The van der Waals surface area contributed by atoms with Crippen LogP contribution in [0.2, 0.25) is 0 Å². The van der Waals surface area contributed by atoms with Gasteiger partial charge in [0.1, 0.15) is 22.2 Å². The highest BCUT2D eigenvalue weighted by Crippen LogP contribution is 2.19. The van der Waals surface area contributed by atoms with Crippen molar-refractivity contribution in [2.45, 2.75) is 4.90 Å². The first-order valence-electron chi connectivity index (χ1n) is 5.47. The minimum absolute atomic E-state index is 0.105. The number of halogens is 2. The van der Waals surface area contributed by atoms with Crippen molar-refractivity contribution in [1.82, 2.24) is 4.98 Å². The third-order valence-electron chi connectivity index (χ3n) is 2.41. The molecule has 21 heavy (non-hydrogen) atoms. The number of sulfonamides is 1. The van der Waals surface area contributed by atoms with E-state index in [1.165, 1.54) is 6.07 Å². The van der Waals surface area contributed by atoms with Crippen LogP contribution in [0.25, 0.3) is 0 Å². The number of carboxylic acids is 1. The van der Waals surface area contributed by atoms with Crippen molar-refractivity contribution < 1.29 is 27.1 Å². The van der Waals surface area contributed by atoms with Crippen LogP contribution in [0, 0.1) is 11.6 Å². The van der Waals surface area contributed by atoms with Crippen LogP contribution in [0.1, 0.15) is 10.5 Å². The van der Waals surface area contributed by atoms with Gasteiger partial charge < -0.3 is 5.11 Å². The fraction of sp³-hybridized carbons (Fsp3) is 0. The van der Waals surface area contributed by atoms with Gasteiger partial charge in [-0.15, -0.1) is 0 Å². The molecule has 0 aliphatic heterocycles. The van der Waals surface area contributed by atoms with Crippen LogP contribution >= 0.6 is 0 Å². The summed E-state index contributed by atoms with van der Waals surface area (Å²) in [4.78, 5) is 13.5. The molecule has 0 saturated heterocycles. The molecule has 0 aliphatic carbocycles. The Balaban J connectivity index is 2.37. The summed E-state index contributed by atoms with van der Waals surface area (Å²) in [6.45, 7) is 0. The summed E-state index contributed by atoms with van der Waals surface area (Å²) in [5.41, 5.74) is -0.485. The van der Waals surface area contributed by atoms with Gasteiger partial charge in [-0.05, 0) is 24.3 Å². The molecule has 2 aromatic rings. The Morgan fingerprint density at radius 2 is 1.90 bits per heavy atom. The number of hydrogen-bond acceptors (Lipinski definition) is 4. The Labute approximate surface area is 118 Å². The number of anilines is 1. The van der Waals surface area contributed by atoms with Crippen molar-refractivity contribution in [3.8, 4) is 0 Å². The molecule has 9 heteroatoms. The maximum absolute atomic E-state index is 13.5. The lowest BCUT2D eigenvalue weighted by Gasteiger charge is -2.09. The molecular formula is C12H8F2N2O4S. The maximum atomic E-state index is 13.5. The predicted octanol–water partition coefficient (Wildman–Crippen LogP) is 1.86. The van der Waals surface area contributed by atoms with E-state index in [1.807, 2.05) is 4.72 Å². The molecule has 2 rings (SSSR count). The molecule has 0 radical (unpaired) electrons. The summed E-state index contributed by atoms with van der Waals surface area (Å²) >= 11 is 0. The minimum atomic E-state index is -4.32. The smallest absolute Gasteiger partial charge is 0.354 e. The number of benzene rings is 1. The van der Waals surface area contributed by atoms with E-state index >= 15 is 0 Å². The van der Waals surface area contributed by atoms with Gasteiger partial charge in [0.25, 0.3) is 10.0 Å². The Kier molecular flexibility index (Phi) is 3.85. The second kappa shape index (κ2) is 5.44. The summed E-state index contributed by atoms with van der Waals surface area (Å²) in [7, 11) is -4.32. The third-order valence-corrected chi connectivity index (χ3v) is 3.83. The molecule has 2 N–H and O–H groups in total. The first-order chi connectivity index (χ1) is 9.79. The number of nitrogens with one attached hydrogen (secondary N) is 1. The molecule has 0 amide bonds. The van der Waals surface area contributed by atoms with Gasteiger partial charge in [0.15, 0.2) is 0 Å². The average Bonchev–Trinajstić information content (AvgIpc) is 2.37. The van der Waals surface area contributed by atoms with E-state index in [1.54, 1.807) is 0 Å². The van der Waals surface area contributed by atoms with Crippen LogP contribution in [0.5, 0.6) is 0 Å². The molecule has 1 aromatic carbocycles. The van der Waals surface area contributed by atoms with Crippen LogP contribution < -0.4 is 4.72 Å². The van der Waals surface area contributed by atoms with Gasteiger partial charge >= 0.3 is 5.97 Å². The van der Waals surface area contributed by atoms with Gasteiger partial charge in [-0.2, -0.15) is 0 Å². The second-order valence-corrected chi connectivity index (χ2v) is 5.57. The molecular weight excluding hydrogens is 306 g/mol. The van der Waals surface area contributed by atoms with Gasteiger partial charge in [-0.3, -0.25) is 4.72 Å². The van der Waals surface area contributed by atoms with Crippen molar-refractivity contribution in [2.24, 2.45) is 0 Å².